The van der Waals surface area contributed by atoms with Crippen molar-refractivity contribution < 1.29 is 19.1 Å². The van der Waals surface area contributed by atoms with Gasteiger partial charge >= 0.3 is 11.9 Å². The van der Waals surface area contributed by atoms with Gasteiger partial charge in [-0.3, -0.25) is 9.59 Å². The van der Waals surface area contributed by atoms with Crippen LogP contribution in [0.25, 0.3) is 0 Å². The molecule has 0 aliphatic heterocycles. The Morgan fingerprint density at radius 2 is 0.844 bits per heavy atom. The zero-order chi connectivity index (χ0) is 33.1. The molecule has 0 aromatic rings. The normalized spacial score (nSPS) is 13.1. The molecule has 0 aliphatic carbocycles. The van der Waals surface area contributed by atoms with Crippen molar-refractivity contribution in [1.82, 2.24) is 0 Å². The van der Waals surface area contributed by atoms with E-state index in [0.717, 1.165) is 51.4 Å². The van der Waals surface area contributed by atoms with Crippen molar-refractivity contribution in [3.63, 3.8) is 0 Å². The minimum atomic E-state index is -0.585. The molecular formula is C40H75NO4. The zero-order valence-electron chi connectivity index (χ0n) is 30.2. The predicted molar refractivity (Wildman–Crippen MR) is 193 cm³/mol. The summed E-state index contributed by atoms with van der Waals surface area (Å²) in [6, 6.07) is -0.379. The van der Waals surface area contributed by atoms with E-state index in [0.29, 0.717) is 12.8 Å². The maximum atomic E-state index is 12.3. The highest BCUT2D eigenvalue weighted by molar-refractivity contribution is 5.70. The first-order valence-electron chi connectivity index (χ1n) is 19.4. The van der Waals surface area contributed by atoms with Gasteiger partial charge in [-0.05, 0) is 71.1 Å². The van der Waals surface area contributed by atoms with E-state index in [4.69, 9.17) is 15.2 Å². The first-order valence-corrected chi connectivity index (χ1v) is 19.4. The van der Waals surface area contributed by atoms with Crippen LogP contribution < -0.4 is 5.73 Å². The molecular weight excluding hydrogens is 558 g/mol. The first kappa shape index (κ1) is 43.4. The van der Waals surface area contributed by atoms with Crippen molar-refractivity contribution in [3.8, 4) is 0 Å². The molecule has 0 bridgehead atoms. The molecule has 0 radical (unpaired) electrons. The van der Waals surface area contributed by atoms with Crippen molar-refractivity contribution in [2.24, 2.45) is 5.73 Å². The molecule has 5 heteroatoms. The van der Waals surface area contributed by atoms with Gasteiger partial charge in [0.1, 0.15) is 6.61 Å². The van der Waals surface area contributed by atoms with Crippen molar-refractivity contribution in [2.45, 2.75) is 213 Å². The number of hydrogen-bond donors (Lipinski definition) is 1. The molecule has 0 aromatic heterocycles. The number of hydrogen-bond acceptors (Lipinski definition) is 5. The second kappa shape index (κ2) is 35.2. The summed E-state index contributed by atoms with van der Waals surface area (Å²) in [6.07, 6.45) is 41.5. The zero-order valence-corrected chi connectivity index (χ0v) is 30.2. The second-order valence-electron chi connectivity index (χ2n) is 13.2. The highest BCUT2D eigenvalue weighted by Gasteiger charge is 2.20. The Labute approximate surface area is 279 Å². The number of nitrogens with two attached hydrogens (primary N) is 1. The predicted octanol–water partition coefficient (Wildman–Crippen LogP) is 11.9. The van der Waals surface area contributed by atoms with E-state index in [1.165, 1.54) is 116 Å². The van der Waals surface area contributed by atoms with Crippen molar-refractivity contribution in [1.29, 1.82) is 0 Å². The molecule has 0 heterocycles. The summed E-state index contributed by atoms with van der Waals surface area (Å²) < 4.78 is 11.0. The standard InChI is InChI=1S/C40H75NO4/c1-4-6-8-10-12-14-16-18-20-22-24-26-28-30-32-34-39(42)44-36-38(37(3)41)45-40(43)35-33-31-29-27-25-23-21-19-17-15-13-11-9-7-5-2/h18-21,37-38H,4-17,22-36,41H2,1-3H3/b20-18?,21-19-. The van der Waals surface area contributed by atoms with Gasteiger partial charge in [0, 0.05) is 18.9 Å². The number of unbranched alkanes of at least 4 members (excludes halogenated alkanes) is 22. The molecule has 2 atom stereocenters. The van der Waals surface area contributed by atoms with Crippen LogP contribution in [-0.2, 0) is 19.1 Å². The molecule has 5 nitrogen and oxygen atoms in total. The number of ether oxygens (including phenoxy) is 2. The van der Waals surface area contributed by atoms with E-state index in [1.807, 2.05) is 0 Å². The van der Waals surface area contributed by atoms with E-state index in [9.17, 15) is 9.59 Å². The van der Waals surface area contributed by atoms with Gasteiger partial charge in [-0.2, -0.15) is 0 Å². The SMILES string of the molecule is CCCCCCCCC=CCCCCCCCC(=O)OCC(OC(=O)CCCCCCC/C=C\CCCCCCCC)C(C)N. The van der Waals surface area contributed by atoms with Crippen LogP contribution in [-0.4, -0.2) is 30.7 Å². The lowest BCUT2D eigenvalue weighted by Gasteiger charge is -2.21. The fourth-order valence-electron chi connectivity index (χ4n) is 5.45. The Balaban J connectivity index is 3.69. The van der Waals surface area contributed by atoms with E-state index < -0.39 is 6.10 Å². The van der Waals surface area contributed by atoms with Crippen LogP contribution in [0.3, 0.4) is 0 Å². The molecule has 0 saturated heterocycles. The lowest BCUT2D eigenvalue weighted by Crippen LogP contribution is -2.39. The third-order valence-corrected chi connectivity index (χ3v) is 8.56. The minimum absolute atomic E-state index is 0.0414. The molecule has 0 rings (SSSR count). The summed E-state index contributed by atoms with van der Waals surface area (Å²) >= 11 is 0. The molecule has 0 saturated carbocycles. The summed E-state index contributed by atoms with van der Waals surface area (Å²) in [6.45, 7) is 6.36. The molecule has 2 unspecified atom stereocenters. The van der Waals surface area contributed by atoms with Crippen LogP contribution in [0.5, 0.6) is 0 Å². The number of allylic oxidation sites excluding steroid dienone is 4. The highest BCUT2D eigenvalue weighted by atomic mass is 16.6. The maximum Gasteiger partial charge on any atom is 0.306 e. The lowest BCUT2D eigenvalue weighted by atomic mass is 10.1. The Kier molecular flexibility index (Phi) is 34.0. The van der Waals surface area contributed by atoms with E-state index >= 15 is 0 Å². The summed E-state index contributed by atoms with van der Waals surface area (Å²) in [4.78, 5) is 24.5. The van der Waals surface area contributed by atoms with Gasteiger partial charge in [0.15, 0.2) is 6.10 Å². The third-order valence-electron chi connectivity index (χ3n) is 8.56. The lowest BCUT2D eigenvalue weighted by molar-refractivity contribution is -0.160. The Morgan fingerprint density at radius 3 is 1.22 bits per heavy atom. The van der Waals surface area contributed by atoms with E-state index in [2.05, 4.69) is 38.2 Å². The van der Waals surface area contributed by atoms with Gasteiger partial charge < -0.3 is 15.2 Å². The van der Waals surface area contributed by atoms with Crippen LogP contribution in [0.15, 0.2) is 24.3 Å². The van der Waals surface area contributed by atoms with Gasteiger partial charge in [0.2, 0.25) is 0 Å². The van der Waals surface area contributed by atoms with Crippen LogP contribution in [0, 0.1) is 0 Å². The second-order valence-corrected chi connectivity index (χ2v) is 13.2. The van der Waals surface area contributed by atoms with Gasteiger partial charge in [-0.15, -0.1) is 0 Å². The van der Waals surface area contributed by atoms with Crippen LogP contribution >= 0.6 is 0 Å². The maximum absolute atomic E-state index is 12.3. The highest BCUT2D eigenvalue weighted by Crippen LogP contribution is 2.13. The monoisotopic (exact) mass is 634 g/mol. The number of carbonyl (C=O) groups is 2. The van der Waals surface area contributed by atoms with Gasteiger partial charge in [-0.1, -0.05) is 141 Å². The van der Waals surface area contributed by atoms with Crippen molar-refractivity contribution in [3.05, 3.63) is 24.3 Å². The Hall–Kier alpha value is -1.62. The largest absolute Gasteiger partial charge is 0.462 e. The topological polar surface area (TPSA) is 78.6 Å². The van der Waals surface area contributed by atoms with E-state index in [-0.39, 0.29) is 24.6 Å². The summed E-state index contributed by atoms with van der Waals surface area (Å²) in [7, 11) is 0. The average Bonchev–Trinajstić information content (AvgIpc) is 3.02. The molecule has 45 heavy (non-hydrogen) atoms. The summed E-state index contributed by atoms with van der Waals surface area (Å²) in [5.41, 5.74) is 6.01. The molecule has 0 spiro atoms. The molecule has 0 amide bonds. The molecule has 264 valence electrons. The number of carbonyl (C=O) groups excluding carboxylic acids is 2. The quantitative estimate of drug-likeness (QED) is 0.0433. The molecule has 0 fully saturated rings. The first-order chi connectivity index (χ1) is 22.0. The van der Waals surface area contributed by atoms with E-state index in [1.54, 1.807) is 6.92 Å². The van der Waals surface area contributed by atoms with Gasteiger partial charge in [0.05, 0.1) is 0 Å². The number of rotatable bonds is 34. The Bertz CT molecular complexity index is 702. The average molecular weight is 634 g/mol. The van der Waals surface area contributed by atoms with Crippen molar-refractivity contribution >= 4 is 11.9 Å². The van der Waals surface area contributed by atoms with Gasteiger partial charge in [0.25, 0.3) is 0 Å². The summed E-state index contributed by atoms with van der Waals surface area (Å²) in [5.74, 6) is -0.477. The minimum Gasteiger partial charge on any atom is -0.462 e. The third kappa shape index (κ3) is 33.6. The van der Waals surface area contributed by atoms with Gasteiger partial charge in [-0.25, -0.2) is 0 Å². The number of esters is 2. The Morgan fingerprint density at radius 1 is 0.511 bits per heavy atom. The smallest absolute Gasteiger partial charge is 0.306 e. The molecule has 0 aromatic carbocycles. The molecule has 2 N–H and O–H groups in total. The molecule has 0 aliphatic rings. The summed E-state index contributed by atoms with van der Waals surface area (Å²) in [5, 5.41) is 0. The van der Waals surface area contributed by atoms with Crippen LogP contribution in [0.1, 0.15) is 201 Å². The fraction of sp³-hybridized carbons (Fsp3) is 0.850. The van der Waals surface area contributed by atoms with Crippen molar-refractivity contribution in [2.75, 3.05) is 6.61 Å². The van der Waals surface area contributed by atoms with Crippen LogP contribution in [0.4, 0.5) is 0 Å². The van der Waals surface area contributed by atoms with Crippen LogP contribution in [0.2, 0.25) is 0 Å². The fourth-order valence-corrected chi connectivity index (χ4v) is 5.45.